The van der Waals surface area contributed by atoms with E-state index in [0.717, 1.165) is 11.6 Å². The third kappa shape index (κ3) is 2.65. The molecule has 3 heteroatoms. The second kappa shape index (κ2) is 5.08. The lowest BCUT2D eigenvalue weighted by Crippen LogP contribution is -2.17. The van der Waals surface area contributed by atoms with Crippen molar-refractivity contribution < 1.29 is 0 Å². The van der Waals surface area contributed by atoms with Gasteiger partial charge in [-0.15, -0.1) is 0 Å². The number of nitrogens with zero attached hydrogens (tertiary/aromatic N) is 2. The second-order valence-electron chi connectivity index (χ2n) is 5.54. The number of nitrogens with one attached hydrogen (secondary N) is 1. The predicted molar refractivity (Wildman–Crippen MR) is 78.9 cm³/mol. The molecule has 1 aliphatic carbocycles. The Morgan fingerprint density at radius 1 is 1.11 bits per heavy atom. The molecule has 0 bridgehead atoms. The van der Waals surface area contributed by atoms with E-state index in [9.17, 15) is 0 Å². The molecule has 1 N–H and O–H groups in total. The predicted octanol–water partition coefficient (Wildman–Crippen LogP) is 3.84. The standard InChI is InChI=1S/C16H21N3/c1-12-7-9-15(10-8-12)19-11-13(2)17-16(19)18-14-5-3-4-6-14/h7-11,14H,3-6H2,1-2H3,(H,17,18). The monoisotopic (exact) mass is 255 g/mol. The highest BCUT2D eigenvalue weighted by molar-refractivity contribution is 5.44. The lowest BCUT2D eigenvalue weighted by molar-refractivity contribution is 0.740. The van der Waals surface area contributed by atoms with E-state index >= 15 is 0 Å². The number of aromatic nitrogens is 2. The van der Waals surface area contributed by atoms with Gasteiger partial charge in [-0.25, -0.2) is 4.98 Å². The average Bonchev–Trinajstić information content (AvgIpc) is 3.01. The lowest BCUT2D eigenvalue weighted by Gasteiger charge is -2.14. The molecule has 19 heavy (non-hydrogen) atoms. The zero-order valence-electron chi connectivity index (χ0n) is 11.7. The number of hydrogen-bond donors (Lipinski definition) is 1. The van der Waals surface area contributed by atoms with E-state index in [4.69, 9.17) is 0 Å². The Morgan fingerprint density at radius 3 is 2.47 bits per heavy atom. The Hall–Kier alpha value is -1.77. The highest BCUT2D eigenvalue weighted by Gasteiger charge is 2.17. The lowest BCUT2D eigenvalue weighted by atomic mass is 10.2. The molecular formula is C16H21N3. The van der Waals surface area contributed by atoms with Gasteiger partial charge in [-0.2, -0.15) is 0 Å². The van der Waals surface area contributed by atoms with Crippen molar-refractivity contribution >= 4 is 5.95 Å². The number of rotatable bonds is 3. The molecule has 1 fully saturated rings. The molecule has 0 spiro atoms. The highest BCUT2D eigenvalue weighted by Crippen LogP contribution is 2.24. The molecule has 3 nitrogen and oxygen atoms in total. The molecule has 1 saturated carbocycles. The van der Waals surface area contributed by atoms with Crippen LogP contribution >= 0.6 is 0 Å². The molecule has 1 aliphatic rings. The van der Waals surface area contributed by atoms with Gasteiger partial charge in [-0.3, -0.25) is 4.57 Å². The molecule has 0 amide bonds. The van der Waals surface area contributed by atoms with Crippen molar-refractivity contribution in [3.8, 4) is 5.69 Å². The number of imidazole rings is 1. The van der Waals surface area contributed by atoms with E-state index in [-0.39, 0.29) is 0 Å². The Balaban J connectivity index is 1.89. The summed E-state index contributed by atoms with van der Waals surface area (Å²) in [6, 6.07) is 9.17. The molecule has 0 atom stereocenters. The molecule has 0 saturated heterocycles. The summed E-state index contributed by atoms with van der Waals surface area (Å²) in [4.78, 5) is 4.62. The quantitative estimate of drug-likeness (QED) is 0.903. The Bertz CT molecular complexity index is 548. The highest BCUT2D eigenvalue weighted by atomic mass is 15.2. The van der Waals surface area contributed by atoms with Gasteiger partial charge in [0.2, 0.25) is 5.95 Å². The Kier molecular flexibility index (Phi) is 3.28. The van der Waals surface area contributed by atoms with Gasteiger partial charge in [0, 0.05) is 17.9 Å². The first-order chi connectivity index (χ1) is 9.22. The van der Waals surface area contributed by atoms with Crippen LogP contribution in [0.1, 0.15) is 36.9 Å². The van der Waals surface area contributed by atoms with Gasteiger partial charge in [-0.05, 0) is 38.8 Å². The van der Waals surface area contributed by atoms with Gasteiger partial charge in [0.05, 0.1) is 5.69 Å². The van der Waals surface area contributed by atoms with Gasteiger partial charge in [-0.1, -0.05) is 30.5 Å². The van der Waals surface area contributed by atoms with Crippen LogP contribution in [0.5, 0.6) is 0 Å². The molecular weight excluding hydrogens is 234 g/mol. The maximum absolute atomic E-state index is 4.62. The second-order valence-corrected chi connectivity index (χ2v) is 5.54. The van der Waals surface area contributed by atoms with Crippen LogP contribution in [0.3, 0.4) is 0 Å². The van der Waals surface area contributed by atoms with Gasteiger partial charge in [0.1, 0.15) is 0 Å². The fourth-order valence-corrected chi connectivity index (χ4v) is 2.75. The van der Waals surface area contributed by atoms with Crippen molar-refractivity contribution in [1.29, 1.82) is 0 Å². The van der Waals surface area contributed by atoms with Crippen LogP contribution in [0, 0.1) is 13.8 Å². The Morgan fingerprint density at radius 2 is 1.79 bits per heavy atom. The molecule has 0 unspecified atom stereocenters. The average molecular weight is 255 g/mol. The normalized spacial score (nSPS) is 15.9. The van der Waals surface area contributed by atoms with Gasteiger partial charge in [0.15, 0.2) is 0 Å². The van der Waals surface area contributed by atoms with E-state index in [1.807, 2.05) is 6.92 Å². The first-order valence-corrected chi connectivity index (χ1v) is 7.12. The molecule has 0 aliphatic heterocycles. The number of hydrogen-bond acceptors (Lipinski definition) is 2. The summed E-state index contributed by atoms with van der Waals surface area (Å²) < 4.78 is 2.16. The topological polar surface area (TPSA) is 29.9 Å². The van der Waals surface area contributed by atoms with Crippen molar-refractivity contribution in [2.75, 3.05) is 5.32 Å². The van der Waals surface area contributed by atoms with Gasteiger partial charge >= 0.3 is 0 Å². The summed E-state index contributed by atoms with van der Waals surface area (Å²) in [6.45, 7) is 4.16. The summed E-state index contributed by atoms with van der Waals surface area (Å²) in [5.74, 6) is 0.980. The first-order valence-electron chi connectivity index (χ1n) is 7.12. The molecule has 2 aromatic rings. The summed E-state index contributed by atoms with van der Waals surface area (Å²) in [5.41, 5.74) is 3.51. The van der Waals surface area contributed by atoms with Crippen LogP contribution in [0.4, 0.5) is 5.95 Å². The minimum Gasteiger partial charge on any atom is -0.353 e. The smallest absolute Gasteiger partial charge is 0.207 e. The molecule has 0 radical (unpaired) electrons. The molecule has 1 aromatic heterocycles. The Labute approximate surface area is 114 Å². The van der Waals surface area contributed by atoms with E-state index < -0.39 is 0 Å². The van der Waals surface area contributed by atoms with Gasteiger partial charge < -0.3 is 5.32 Å². The molecule has 1 heterocycles. The van der Waals surface area contributed by atoms with Crippen LogP contribution in [-0.4, -0.2) is 15.6 Å². The van der Waals surface area contributed by atoms with E-state index in [2.05, 4.69) is 52.3 Å². The summed E-state index contributed by atoms with van der Waals surface area (Å²) in [5, 5.41) is 3.60. The van der Waals surface area contributed by atoms with Crippen LogP contribution in [-0.2, 0) is 0 Å². The van der Waals surface area contributed by atoms with E-state index in [0.29, 0.717) is 6.04 Å². The molecule has 100 valence electrons. The third-order valence-electron chi connectivity index (χ3n) is 3.83. The van der Waals surface area contributed by atoms with Crippen LogP contribution in [0.25, 0.3) is 5.69 Å². The minimum absolute atomic E-state index is 0.589. The molecule has 1 aromatic carbocycles. The fraction of sp³-hybridized carbons (Fsp3) is 0.438. The SMILES string of the molecule is Cc1ccc(-n2cc(C)nc2NC2CCCC2)cc1. The van der Waals surface area contributed by atoms with Gasteiger partial charge in [0.25, 0.3) is 0 Å². The number of aryl methyl sites for hydroxylation is 2. The largest absolute Gasteiger partial charge is 0.353 e. The van der Waals surface area contributed by atoms with E-state index in [1.54, 1.807) is 0 Å². The summed E-state index contributed by atoms with van der Waals surface area (Å²) >= 11 is 0. The summed E-state index contributed by atoms with van der Waals surface area (Å²) in [7, 11) is 0. The van der Waals surface area contributed by atoms with Crippen molar-refractivity contribution in [2.45, 2.75) is 45.6 Å². The maximum atomic E-state index is 4.62. The maximum Gasteiger partial charge on any atom is 0.207 e. The fourth-order valence-electron chi connectivity index (χ4n) is 2.75. The van der Waals surface area contributed by atoms with Crippen LogP contribution in [0.15, 0.2) is 30.5 Å². The first kappa shape index (κ1) is 12.3. The van der Waals surface area contributed by atoms with Crippen LogP contribution in [0.2, 0.25) is 0 Å². The zero-order chi connectivity index (χ0) is 13.2. The van der Waals surface area contributed by atoms with Crippen molar-refractivity contribution in [1.82, 2.24) is 9.55 Å². The number of anilines is 1. The molecule has 3 rings (SSSR count). The van der Waals surface area contributed by atoms with Crippen molar-refractivity contribution in [3.05, 3.63) is 41.7 Å². The minimum atomic E-state index is 0.589. The third-order valence-corrected chi connectivity index (χ3v) is 3.83. The summed E-state index contributed by atoms with van der Waals surface area (Å²) in [6.07, 6.45) is 7.30. The van der Waals surface area contributed by atoms with Crippen molar-refractivity contribution in [3.63, 3.8) is 0 Å². The van der Waals surface area contributed by atoms with E-state index in [1.165, 1.54) is 36.9 Å². The number of benzene rings is 1. The zero-order valence-corrected chi connectivity index (χ0v) is 11.7. The van der Waals surface area contributed by atoms with Crippen molar-refractivity contribution in [2.24, 2.45) is 0 Å². The van der Waals surface area contributed by atoms with Crippen LogP contribution < -0.4 is 5.32 Å².